The highest BCUT2D eigenvalue weighted by atomic mass is 16.4. The fourth-order valence-corrected chi connectivity index (χ4v) is 2.25. The average molecular weight is 267 g/mol. The van der Waals surface area contributed by atoms with Crippen LogP contribution in [0.3, 0.4) is 0 Å². The molecule has 0 aliphatic carbocycles. The fraction of sp³-hybridized carbons (Fsp3) is 0.235. The van der Waals surface area contributed by atoms with Crippen LogP contribution in [0.25, 0.3) is 11.1 Å². The fourth-order valence-electron chi connectivity index (χ4n) is 2.25. The van der Waals surface area contributed by atoms with Crippen molar-refractivity contribution in [2.45, 2.75) is 25.9 Å². The predicted molar refractivity (Wildman–Crippen MR) is 78.5 cm³/mol. The molecule has 0 aliphatic heterocycles. The van der Waals surface area contributed by atoms with Crippen molar-refractivity contribution >= 4 is 11.1 Å². The van der Waals surface area contributed by atoms with E-state index in [1.807, 2.05) is 30.3 Å². The normalized spacial score (nSPS) is 11.9. The van der Waals surface area contributed by atoms with Gasteiger partial charge in [0.2, 0.25) is 0 Å². The summed E-state index contributed by atoms with van der Waals surface area (Å²) in [5, 5.41) is 10.0. The second kappa shape index (κ2) is 4.76. The van der Waals surface area contributed by atoms with Gasteiger partial charge in [0.15, 0.2) is 5.58 Å². The molecule has 0 atom stereocenters. The van der Waals surface area contributed by atoms with Crippen LogP contribution in [-0.2, 0) is 12.0 Å². The third-order valence-corrected chi connectivity index (χ3v) is 3.33. The number of fused-ring (bicyclic) bond motifs is 1. The van der Waals surface area contributed by atoms with Gasteiger partial charge in [0.1, 0.15) is 16.9 Å². The van der Waals surface area contributed by atoms with E-state index >= 15 is 0 Å². The molecule has 2 aromatic heterocycles. The van der Waals surface area contributed by atoms with Crippen molar-refractivity contribution < 1.29 is 9.52 Å². The minimum atomic E-state index is -0.995. The standard InChI is InChI=1S/C17H17NO2/c1-17(2,19)15-11-14-16(20-15)13(8-9-18-14)10-12-6-4-3-5-7-12/h3-9,11,19H,10H2,1-2H3. The molecule has 0 fully saturated rings. The van der Waals surface area contributed by atoms with Gasteiger partial charge in [-0.1, -0.05) is 30.3 Å². The van der Waals surface area contributed by atoms with E-state index < -0.39 is 5.60 Å². The van der Waals surface area contributed by atoms with Crippen LogP contribution >= 0.6 is 0 Å². The van der Waals surface area contributed by atoms with Crippen LogP contribution in [0.1, 0.15) is 30.7 Å². The maximum Gasteiger partial charge on any atom is 0.156 e. The van der Waals surface area contributed by atoms with Crippen LogP contribution < -0.4 is 0 Å². The summed E-state index contributed by atoms with van der Waals surface area (Å²) in [5.74, 6) is 0.542. The molecule has 2 heterocycles. The molecule has 1 N–H and O–H groups in total. The number of pyridine rings is 1. The van der Waals surface area contributed by atoms with Crippen LogP contribution in [0.2, 0.25) is 0 Å². The number of nitrogens with zero attached hydrogens (tertiary/aromatic N) is 1. The van der Waals surface area contributed by atoms with Gasteiger partial charge in [-0.3, -0.25) is 4.98 Å². The minimum Gasteiger partial charge on any atom is -0.456 e. The number of hydrogen-bond donors (Lipinski definition) is 1. The van der Waals surface area contributed by atoms with E-state index in [0.29, 0.717) is 5.76 Å². The lowest BCUT2D eigenvalue weighted by molar-refractivity contribution is 0.0558. The van der Waals surface area contributed by atoms with Gasteiger partial charge in [0.05, 0.1) is 0 Å². The van der Waals surface area contributed by atoms with Gasteiger partial charge in [0.25, 0.3) is 0 Å². The van der Waals surface area contributed by atoms with Crippen LogP contribution in [0.5, 0.6) is 0 Å². The van der Waals surface area contributed by atoms with E-state index in [4.69, 9.17) is 4.42 Å². The smallest absolute Gasteiger partial charge is 0.156 e. The zero-order valence-electron chi connectivity index (χ0n) is 11.6. The lowest BCUT2D eigenvalue weighted by Gasteiger charge is -2.12. The molecule has 3 rings (SSSR count). The van der Waals surface area contributed by atoms with E-state index in [1.165, 1.54) is 5.56 Å². The highest BCUT2D eigenvalue weighted by Crippen LogP contribution is 2.29. The summed E-state index contributed by atoms with van der Waals surface area (Å²) >= 11 is 0. The van der Waals surface area contributed by atoms with Crippen LogP contribution in [0.15, 0.2) is 53.1 Å². The summed E-state index contributed by atoms with van der Waals surface area (Å²) in [5.41, 5.74) is 2.85. The Morgan fingerprint density at radius 3 is 2.60 bits per heavy atom. The van der Waals surface area contributed by atoms with E-state index in [9.17, 15) is 5.11 Å². The molecular weight excluding hydrogens is 250 g/mol. The van der Waals surface area contributed by atoms with E-state index in [-0.39, 0.29) is 0 Å². The molecule has 3 nitrogen and oxygen atoms in total. The molecule has 0 spiro atoms. The van der Waals surface area contributed by atoms with Gasteiger partial charge >= 0.3 is 0 Å². The van der Waals surface area contributed by atoms with Crippen molar-refractivity contribution in [2.24, 2.45) is 0 Å². The number of aliphatic hydroxyl groups is 1. The first kappa shape index (κ1) is 12.9. The second-order valence-corrected chi connectivity index (χ2v) is 5.52. The van der Waals surface area contributed by atoms with Crippen molar-refractivity contribution in [1.29, 1.82) is 0 Å². The van der Waals surface area contributed by atoms with E-state index in [1.54, 1.807) is 20.0 Å². The van der Waals surface area contributed by atoms with Crippen molar-refractivity contribution in [3.63, 3.8) is 0 Å². The Hall–Kier alpha value is -2.13. The van der Waals surface area contributed by atoms with Crippen molar-refractivity contribution in [1.82, 2.24) is 4.98 Å². The van der Waals surface area contributed by atoms with Crippen molar-refractivity contribution in [3.05, 3.63) is 65.5 Å². The zero-order valence-corrected chi connectivity index (χ0v) is 11.6. The quantitative estimate of drug-likeness (QED) is 0.788. The molecule has 0 saturated heterocycles. The van der Waals surface area contributed by atoms with Gasteiger partial charge in [0, 0.05) is 24.2 Å². The predicted octanol–water partition coefficient (Wildman–Crippen LogP) is 3.65. The first-order valence-corrected chi connectivity index (χ1v) is 6.68. The lowest BCUT2D eigenvalue weighted by atomic mass is 10.1. The first-order chi connectivity index (χ1) is 9.54. The second-order valence-electron chi connectivity index (χ2n) is 5.52. The molecule has 1 aromatic carbocycles. The maximum atomic E-state index is 10.0. The Kier molecular flexibility index (Phi) is 3.07. The largest absolute Gasteiger partial charge is 0.456 e. The third kappa shape index (κ3) is 2.45. The highest BCUT2D eigenvalue weighted by Gasteiger charge is 2.22. The number of aromatic nitrogens is 1. The lowest BCUT2D eigenvalue weighted by Crippen LogP contribution is -2.13. The summed E-state index contributed by atoms with van der Waals surface area (Å²) in [6, 6.07) is 14.0. The Balaban J connectivity index is 2.05. The molecule has 20 heavy (non-hydrogen) atoms. The van der Waals surface area contributed by atoms with Crippen molar-refractivity contribution in [3.8, 4) is 0 Å². The van der Waals surface area contributed by atoms with Gasteiger partial charge in [-0.05, 0) is 25.5 Å². The molecule has 0 unspecified atom stereocenters. The minimum absolute atomic E-state index is 0.542. The molecule has 3 aromatic rings. The molecule has 0 radical (unpaired) electrons. The molecule has 0 amide bonds. The average Bonchev–Trinajstić information content (AvgIpc) is 2.85. The summed E-state index contributed by atoms with van der Waals surface area (Å²) in [6.45, 7) is 3.42. The first-order valence-electron chi connectivity index (χ1n) is 6.68. The zero-order chi connectivity index (χ0) is 14.2. The van der Waals surface area contributed by atoms with Crippen LogP contribution in [-0.4, -0.2) is 10.1 Å². The van der Waals surface area contributed by atoms with Gasteiger partial charge in [-0.25, -0.2) is 0 Å². The van der Waals surface area contributed by atoms with E-state index in [0.717, 1.165) is 23.1 Å². The Morgan fingerprint density at radius 1 is 1.15 bits per heavy atom. The van der Waals surface area contributed by atoms with Gasteiger partial charge < -0.3 is 9.52 Å². The number of furan rings is 1. The molecular formula is C17H17NO2. The van der Waals surface area contributed by atoms with Gasteiger partial charge in [-0.2, -0.15) is 0 Å². The maximum absolute atomic E-state index is 10.0. The highest BCUT2D eigenvalue weighted by molar-refractivity contribution is 5.77. The Labute approximate surface area is 117 Å². The van der Waals surface area contributed by atoms with Gasteiger partial charge in [-0.15, -0.1) is 0 Å². The Morgan fingerprint density at radius 2 is 1.90 bits per heavy atom. The van der Waals surface area contributed by atoms with E-state index in [2.05, 4.69) is 17.1 Å². The number of rotatable bonds is 3. The third-order valence-electron chi connectivity index (χ3n) is 3.33. The number of benzene rings is 1. The molecule has 0 bridgehead atoms. The molecule has 0 aliphatic rings. The molecule has 0 saturated carbocycles. The molecule has 102 valence electrons. The summed E-state index contributed by atoms with van der Waals surface area (Å²) < 4.78 is 5.82. The molecule has 3 heteroatoms. The summed E-state index contributed by atoms with van der Waals surface area (Å²) in [7, 11) is 0. The van der Waals surface area contributed by atoms with Crippen LogP contribution in [0.4, 0.5) is 0 Å². The van der Waals surface area contributed by atoms with Crippen LogP contribution in [0, 0.1) is 0 Å². The summed E-state index contributed by atoms with van der Waals surface area (Å²) in [4.78, 5) is 4.31. The monoisotopic (exact) mass is 267 g/mol. The Bertz CT molecular complexity index is 724. The van der Waals surface area contributed by atoms with Crippen molar-refractivity contribution in [2.75, 3.05) is 0 Å². The summed E-state index contributed by atoms with van der Waals surface area (Å²) in [6.07, 6.45) is 2.57. The number of hydrogen-bond acceptors (Lipinski definition) is 3. The SMILES string of the molecule is CC(C)(O)c1cc2nccc(Cc3ccccc3)c2o1. The topological polar surface area (TPSA) is 46.3 Å².